The number of hydrogen-bond donors (Lipinski definition) is 0. The molecule has 1 amide bonds. The summed E-state index contributed by atoms with van der Waals surface area (Å²) in [5.41, 5.74) is 0. The van der Waals surface area contributed by atoms with Crippen molar-refractivity contribution in [2.75, 3.05) is 26.7 Å². The van der Waals surface area contributed by atoms with E-state index < -0.39 is 10.0 Å². The fourth-order valence-electron chi connectivity index (χ4n) is 1.91. The molecule has 0 bridgehead atoms. The van der Waals surface area contributed by atoms with E-state index in [1.54, 1.807) is 22.4 Å². The highest BCUT2D eigenvalue weighted by Crippen LogP contribution is 2.20. The Morgan fingerprint density at radius 3 is 2.67 bits per heavy atom. The van der Waals surface area contributed by atoms with Crippen LogP contribution in [0.2, 0.25) is 0 Å². The average molecular weight is 288 g/mol. The maximum absolute atomic E-state index is 12.1. The van der Waals surface area contributed by atoms with Gasteiger partial charge in [0.25, 0.3) is 10.0 Å². The van der Waals surface area contributed by atoms with Crippen molar-refractivity contribution in [2.24, 2.45) is 0 Å². The second kappa shape index (κ2) is 5.38. The molecule has 0 atom stereocenters. The summed E-state index contributed by atoms with van der Waals surface area (Å²) in [6.45, 7) is 1.40. The number of thiophene rings is 1. The third-order valence-electron chi connectivity index (χ3n) is 2.98. The molecule has 0 saturated carbocycles. The van der Waals surface area contributed by atoms with Crippen molar-refractivity contribution in [3.05, 3.63) is 17.5 Å². The van der Waals surface area contributed by atoms with Gasteiger partial charge < -0.3 is 4.90 Å². The van der Waals surface area contributed by atoms with Crippen LogP contribution in [0.25, 0.3) is 0 Å². The van der Waals surface area contributed by atoms with Crippen molar-refractivity contribution in [1.82, 2.24) is 9.21 Å². The lowest BCUT2D eigenvalue weighted by atomic mass is 10.4. The Morgan fingerprint density at radius 1 is 1.44 bits per heavy atom. The number of likely N-dealkylation sites (N-methyl/N-ethyl adjacent to an activating group) is 1. The van der Waals surface area contributed by atoms with Crippen molar-refractivity contribution in [1.29, 1.82) is 0 Å². The highest BCUT2D eigenvalue weighted by molar-refractivity contribution is 7.91. The summed E-state index contributed by atoms with van der Waals surface area (Å²) in [5, 5.41) is 1.71. The number of carbonyl (C=O) groups is 1. The van der Waals surface area contributed by atoms with E-state index in [0.29, 0.717) is 0 Å². The fourth-order valence-corrected chi connectivity index (χ4v) is 4.23. The zero-order valence-electron chi connectivity index (χ0n) is 10.2. The van der Waals surface area contributed by atoms with Gasteiger partial charge in [0.1, 0.15) is 4.21 Å². The predicted molar refractivity (Wildman–Crippen MR) is 69.9 cm³/mol. The van der Waals surface area contributed by atoms with Crippen LogP contribution in [-0.4, -0.2) is 50.2 Å². The summed E-state index contributed by atoms with van der Waals surface area (Å²) in [5.74, 6) is -0.116. The molecule has 1 aliphatic heterocycles. The van der Waals surface area contributed by atoms with Gasteiger partial charge in [0.15, 0.2) is 0 Å². The van der Waals surface area contributed by atoms with Crippen LogP contribution in [0.4, 0.5) is 0 Å². The van der Waals surface area contributed by atoms with Gasteiger partial charge in [0.2, 0.25) is 5.91 Å². The van der Waals surface area contributed by atoms with Gasteiger partial charge in [-0.3, -0.25) is 4.79 Å². The molecular weight excluding hydrogens is 272 g/mol. The van der Waals surface area contributed by atoms with Gasteiger partial charge in [-0.25, -0.2) is 8.42 Å². The van der Waals surface area contributed by atoms with Gasteiger partial charge in [-0.05, 0) is 24.3 Å². The summed E-state index contributed by atoms with van der Waals surface area (Å²) in [4.78, 5) is 13.6. The topological polar surface area (TPSA) is 57.7 Å². The smallest absolute Gasteiger partial charge is 0.252 e. The highest BCUT2D eigenvalue weighted by Gasteiger charge is 2.26. The number of nitrogens with zero attached hydrogens (tertiary/aromatic N) is 2. The Hall–Kier alpha value is -0.920. The third kappa shape index (κ3) is 2.73. The molecule has 18 heavy (non-hydrogen) atoms. The molecule has 0 aliphatic carbocycles. The number of carbonyl (C=O) groups excluding carboxylic acids is 1. The van der Waals surface area contributed by atoms with Crippen molar-refractivity contribution in [2.45, 2.75) is 17.1 Å². The molecule has 0 aromatic carbocycles. The van der Waals surface area contributed by atoms with Gasteiger partial charge in [-0.1, -0.05) is 6.07 Å². The molecule has 5 nitrogen and oxygen atoms in total. The molecule has 100 valence electrons. The maximum atomic E-state index is 12.1. The monoisotopic (exact) mass is 288 g/mol. The molecule has 0 radical (unpaired) electrons. The van der Waals surface area contributed by atoms with E-state index in [1.807, 2.05) is 0 Å². The Kier molecular flexibility index (Phi) is 4.04. The van der Waals surface area contributed by atoms with Gasteiger partial charge in [-0.15, -0.1) is 11.3 Å². The fraction of sp³-hybridized carbons (Fsp3) is 0.545. The first-order valence-electron chi connectivity index (χ1n) is 5.79. The van der Waals surface area contributed by atoms with Crippen LogP contribution in [-0.2, 0) is 14.8 Å². The van der Waals surface area contributed by atoms with Crippen LogP contribution in [0.15, 0.2) is 21.7 Å². The van der Waals surface area contributed by atoms with E-state index in [2.05, 4.69) is 0 Å². The summed E-state index contributed by atoms with van der Waals surface area (Å²) in [6, 6.07) is 3.24. The summed E-state index contributed by atoms with van der Waals surface area (Å²) in [7, 11) is -2.07. The van der Waals surface area contributed by atoms with E-state index in [1.165, 1.54) is 7.05 Å². The lowest BCUT2D eigenvalue weighted by molar-refractivity contribution is -0.130. The molecular formula is C11H16N2O3S2. The highest BCUT2D eigenvalue weighted by atomic mass is 32.2. The quantitative estimate of drug-likeness (QED) is 0.830. The predicted octanol–water partition coefficient (Wildman–Crippen LogP) is 0.991. The van der Waals surface area contributed by atoms with Gasteiger partial charge in [0.05, 0.1) is 6.54 Å². The number of hydrogen-bond acceptors (Lipinski definition) is 4. The average Bonchev–Trinajstić information content (AvgIpc) is 3.02. The van der Waals surface area contributed by atoms with Crippen LogP contribution < -0.4 is 0 Å². The maximum Gasteiger partial charge on any atom is 0.252 e. The zero-order valence-corrected chi connectivity index (χ0v) is 11.8. The van der Waals surface area contributed by atoms with Crippen molar-refractivity contribution >= 4 is 27.3 Å². The molecule has 1 saturated heterocycles. The summed E-state index contributed by atoms with van der Waals surface area (Å²) >= 11 is 1.16. The Balaban J connectivity index is 2.03. The van der Waals surface area contributed by atoms with Crippen LogP contribution in [0.1, 0.15) is 12.8 Å². The first-order valence-corrected chi connectivity index (χ1v) is 8.11. The standard InChI is InChI=1S/C11H16N2O3S2/c1-12(9-10(14)13-6-2-3-7-13)18(15,16)11-5-4-8-17-11/h4-5,8H,2-3,6-7,9H2,1H3. The van der Waals surface area contributed by atoms with Crippen LogP contribution >= 0.6 is 11.3 Å². The molecule has 7 heteroatoms. The molecule has 1 aromatic rings. The lowest BCUT2D eigenvalue weighted by Crippen LogP contribution is -2.39. The van der Waals surface area contributed by atoms with Gasteiger partial charge >= 0.3 is 0 Å². The van der Waals surface area contributed by atoms with Gasteiger partial charge in [-0.2, -0.15) is 4.31 Å². The summed E-state index contributed by atoms with van der Waals surface area (Å²) in [6.07, 6.45) is 2.01. The molecule has 0 spiro atoms. The van der Waals surface area contributed by atoms with Gasteiger partial charge in [0, 0.05) is 20.1 Å². The first kappa shape index (κ1) is 13.5. The minimum absolute atomic E-state index is 0.0831. The Bertz CT molecular complexity index is 504. The Morgan fingerprint density at radius 2 is 2.11 bits per heavy atom. The molecule has 0 unspecified atom stereocenters. The number of sulfonamides is 1. The molecule has 0 N–H and O–H groups in total. The van der Waals surface area contributed by atoms with E-state index in [9.17, 15) is 13.2 Å². The minimum Gasteiger partial charge on any atom is -0.342 e. The third-order valence-corrected chi connectivity index (χ3v) is 6.15. The van der Waals surface area contributed by atoms with E-state index in [4.69, 9.17) is 0 Å². The first-order chi connectivity index (χ1) is 8.51. The van der Waals surface area contributed by atoms with Crippen molar-refractivity contribution in [3.63, 3.8) is 0 Å². The molecule has 1 aliphatic rings. The number of amides is 1. The molecule has 1 aromatic heterocycles. The lowest BCUT2D eigenvalue weighted by Gasteiger charge is -2.20. The zero-order chi connectivity index (χ0) is 13.2. The molecule has 1 fully saturated rings. The minimum atomic E-state index is -3.52. The van der Waals surface area contributed by atoms with Crippen LogP contribution in [0.5, 0.6) is 0 Å². The second-order valence-corrected chi connectivity index (χ2v) is 7.50. The SMILES string of the molecule is CN(CC(=O)N1CCCC1)S(=O)(=O)c1cccs1. The normalized spacial score (nSPS) is 16.4. The number of likely N-dealkylation sites (tertiary alicyclic amines) is 1. The van der Waals surface area contributed by atoms with E-state index in [0.717, 1.165) is 41.6 Å². The van der Waals surface area contributed by atoms with Crippen molar-refractivity contribution < 1.29 is 13.2 Å². The van der Waals surface area contributed by atoms with E-state index >= 15 is 0 Å². The summed E-state index contributed by atoms with van der Waals surface area (Å²) < 4.78 is 25.6. The van der Waals surface area contributed by atoms with Crippen molar-refractivity contribution in [3.8, 4) is 0 Å². The van der Waals surface area contributed by atoms with E-state index in [-0.39, 0.29) is 16.7 Å². The molecule has 2 heterocycles. The van der Waals surface area contributed by atoms with Crippen LogP contribution in [0.3, 0.4) is 0 Å². The Labute approximate surface area is 111 Å². The second-order valence-electron chi connectivity index (χ2n) is 4.28. The van der Waals surface area contributed by atoms with Crippen LogP contribution in [0, 0.1) is 0 Å². The number of rotatable bonds is 4. The largest absolute Gasteiger partial charge is 0.342 e. The molecule has 2 rings (SSSR count).